The van der Waals surface area contributed by atoms with Crippen molar-refractivity contribution in [2.45, 2.75) is 19.3 Å². The van der Waals surface area contributed by atoms with Crippen molar-refractivity contribution in [1.29, 1.82) is 0 Å². The zero-order chi connectivity index (χ0) is 26.3. The summed E-state index contributed by atoms with van der Waals surface area (Å²) in [6.45, 7) is 0.262. The van der Waals surface area contributed by atoms with Gasteiger partial charge in [0.1, 0.15) is 17.0 Å². The Morgan fingerprint density at radius 2 is 1.89 bits per heavy atom. The molecule has 5 aromatic rings. The van der Waals surface area contributed by atoms with Crippen LogP contribution in [0.25, 0.3) is 32.4 Å². The van der Waals surface area contributed by atoms with Crippen LogP contribution in [0.4, 0.5) is 13.2 Å². The van der Waals surface area contributed by atoms with E-state index in [1.165, 1.54) is 24.1 Å². The molecule has 0 fully saturated rings. The molecule has 7 nitrogen and oxygen atoms in total. The van der Waals surface area contributed by atoms with Crippen LogP contribution >= 0.6 is 11.3 Å². The van der Waals surface area contributed by atoms with Crippen molar-refractivity contribution < 1.29 is 27.1 Å². The Labute approximate surface area is 213 Å². The molecule has 2 aromatic carbocycles. The SMILES string of the molecule is COc1ccc(-c2nc(C(=O)N(C)Cc3csc4ccccc34)c(CN)o2)c2ccc(C(F)(F)F)nc12. The zero-order valence-electron chi connectivity index (χ0n) is 19.8. The number of alkyl halides is 3. The van der Waals surface area contributed by atoms with Crippen molar-refractivity contribution in [1.82, 2.24) is 14.9 Å². The molecule has 0 atom stereocenters. The first-order chi connectivity index (χ1) is 17.7. The van der Waals surface area contributed by atoms with E-state index in [1.807, 2.05) is 29.6 Å². The van der Waals surface area contributed by atoms with Crippen molar-refractivity contribution in [2.24, 2.45) is 5.73 Å². The normalized spacial score (nSPS) is 11.8. The number of amides is 1. The molecule has 1 amide bonds. The summed E-state index contributed by atoms with van der Waals surface area (Å²) in [7, 11) is 3.01. The molecule has 5 rings (SSSR count). The van der Waals surface area contributed by atoms with Crippen LogP contribution in [0.1, 0.15) is 27.5 Å². The number of nitrogens with zero attached hydrogens (tertiary/aromatic N) is 3. The molecule has 0 radical (unpaired) electrons. The van der Waals surface area contributed by atoms with Crippen LogP contribution in [0.2, 0.25) is 0 Å². The summed E-state index contributed by atoms with van der Waals surface area (Å²) in [5.74, 6) is -0.00577. The van der Waals surface area contributed by atoms with E-state index in [0.717, 1.165) is 21.7 Å². The fourth-order valence-electron chi connectivity index (χ4n) is 4.14. The standard InChI is InChI=1S/C26H21F3N4O3S/c1-33(12-14-13-37-20-6-4-3-5-15(14)20)25(34)23-19(11-30)36-24(32-23)17-7-9-18(35-2)22-16(17)8-10-21(31-22)26(27,28)29/h3-10,13H,11-12,30H2,1-2H3. The zero-order valence-corrected chi connectivity index (χ0v) is 20.6. The molecule has 0 unspecified atom stereocenters. The molecule has 0 aliphatic carbocycles. The van der Waals surface area contributed by atoms with Crippen LogP contribution in [-0.4, -0.2) is 34.9 Å². The number of fused-ring (bicyclic) bond motifs is 2. The Balaban J connectivity index is 1.52. The maximum Gasteiger partial charge on any atom is 0.433 e. The number of oxazole rings is 1. The van der Waals surface area contributed by atoms with Crippen molar-refractivity contribution in [3.05, 3.63) is 76.6 Å². The molecule has 0 saturated heterocycles. The van der Waals surface area contributed by atoms with E-state index in [0.29, 0.717) is 17.5 Å². The lowest BCUT2D eigenvalue weighted by molar-refractivity contribution is -0.140. The molecule has 0 saturated carbocycles. The lowest BCUT2D eigenvalue weighted by Crippen LogP contribution is -2.27. The predicted molar refractivity (Wildman–Crippen MR) is 134 cm³/mol. The van der Waals surface area contributed by atoms with Gasteiger partial charge in [0.25, 0.3) is 5.91 Å². The van der Waals surface area contributed by atoms with Crippen molar-refractivity contribution >= 4 is 38.2 Å². The number of pyridine rings is 1. The van der Waals surface area contributed by atoms with Crippen LogP contribution in [0.3, 0.4) is 0 Å². The first-order valence-corrected chi connectivity index (χ1v) is 12.0. The Morgan fingerprint density at radius 1 is 1.11 bits per heavy atom. The van der Waals surface area contributed by atoms with Crippen molar-refractivity contribution in [2.75, 3.05) is 14.2 Å². The molecule has 2 N–H and O–H groups in total. The number of methoxy groups -OCH3 is 1. The number of hydrogen-bond donors (Lipinski definition) is 1. The fraction of sp³-hybridized carbons (Fsp3) is 0.192. The molecule has 3 heterocycles. The van der Waals surface area contributed by atoms with Crippen molar-refractivity contribution in [3.8, 4) is 17.2 Å². The van der Waals surface area contributed by atoms with Gasteiger partial charge < -0.3 is 19.8 Å². The quantitative estimate of drug-likeness (QED) is 0.298. The van der Waals surface area contributed by atoms with E-state index in [4.69, 9.17) is 14.9 Å². The number of carbonyl (C=O) groups excluding carboxylic acids is 1. The molecule has 0 bridgehead atoms. The maximum absolute atomic E-state index is 13.3. The lowest BCUT2D eigenvalue weighted by atomic mass is 10.1. The van der Waals surface area contributed by atoms with E-state index in [1.54, 1.807) is 24.5 Å². The Kier molecular flexibility index (Phi) is 6.34. The third kappa shape index (κ3) is 4.51. The van der Waals surface area contributed by atoms with Crippen LogP contribution in [-0.2, 0) is 19.3 Å². The highest BCUT2D eigenvalue weighted by molar-refractivity contribution is 7.17. The summed E-state index contributed by atoms with van der Waals surface area (Å²) in [5.41, 5.74) is 6.21. The van der Waals surface area contributed by atoms with E-state index >= 15 is 0 Å². The molecule has 37 heavy (non-hydrogen) atoms. The minimum absolute atomic E-state index is 0.00310. The Morgan fingerprint density at radius 3 is 2.62 bits per heavy atom. The average Bonchev–Trinajstić information content (AvgIpc) is 3.51. The van der Waals surface area contributed by atoms with Gasteiger partial charge in [-0.05, 0) is 46.7 Å². The largest absolute Gasteiger partial charge is 0.494 e. The first kappa shape index (κ1) is 24.7. The van der Waals surface area contributed by atoms with Crippen LogP contribution in [0.15, 0.2) is 58.3 Å². The number of nitrogens with two attached hydrogens (primary N) is 1. The third-order valence-corrected chi connectivity index (χ3v) is 6.97. The lowest BCUT2D eigenvalue weighted by Gasteiger charge is -2.16. The second kappa shape index (κ2) is 9.49. The molecule has 190 valence electrons. The monoisotopic (exact) mass is 526 g/mol. The summed E-state index contributed by atoms with van der Waals surface area (Å²) < 4.78 is 52.0. The van der Waals surface area contributed by atoms with Gasteiger partial charge in [-0.1, -0.05) is 18.2 Å². The van der Waals surface area contributed by atoms with Gasteiger partial charge in [0, 0.05) is 29.2 Å². The predicted octanol–water partition coefficient (Wildman–Crippen LogP) is 5.86. The van der Waals surface area contributed by atoms with E-state index in [9.17, 15) is 18.0 Å². The minimum atomic E-state index is -4.62. The van der Waals surface area contributed by atoms with Gasteiger partial charge in [0.15, 0.2) is 11.5 Å². The molecular weight excluding hydrogens is 505 g/mol. The van der Waals surface area contributed by atoms with E-state index in [2.05, 4.69) is 9.97 Å². The van der Waals surface area contributed by atoms with Gasteiger partial charge in [-0.15, -0.1) is 11.3 Å². The number of hydrogen-bond acceptors (Lipinski definition) is 7. The Hall–Kier alpha value is -3.96. The summed E-state index contributed by atoms with van der Waals surface area (Å²) in [6, 6.07) is 13.2. The minimum Gasteiger partial charge on any atom is -0.494 e. The summed E-state index contributed by atoms with van der Waals surface area (Å²) in [6.07, 6.45) is -4.62. The average molecular weight is 527 g/mol. The van der Waals surface area contributed by atoms with Crippen LogP contribution in [0, 0.1) is 0 Å². The number of halogens is 3. The second-order valence-corrected chi connectivity index (χ2v) is 9.23. The number of thiophene rings is 1. The van der Waals surface area contributed by atoms with Crippen LogP contribution in [0.5, 0.6) is 5.75 Å². The highest BCUT2D eigenvalue weighted by Crippen LogP contribution is 2.37. The molecule has 0 aliphatic rings. The summed E-state index contributed by atoms with van der Waals surface area (Å²) in [5, 5.41) is 3.41. The molecule has 0 aliphatic heterocycles. The summed E-state index contributed by atoms with van der Waals surface area (Å²) in [4.78, 5) is 23.0. The number of benzene rings is 2. The van der Waals surface area contributed by atoms with Gasteiger partial charge in [-0.2, -0.15) is 13.2 Å². The van der Waals surface area contributed by atoms with E-state index in [-0.39, 0.29) is 41.1 Å². The van der Waals surface area contributed by atoms with Gasteiger partial charge in [-0.25, -0.2) is 9.97 Å². The first-order valence-electron chi connectivity index (χ1n) is 11.2. The number of ether oxygens (including phenoxy) is 1. The number of carbonyl (C=O) groups is 1. The number of rotatable bonds is 6. The van der Waals surface area contributed by atoms with Gasteiger partial charge in [0.05, 0.1) is 13.7 Å². The topological polar surface area (TPSA) is 94.5 Å². The smallest absolute Gasteiger partial charge is 0.433 e. The molecule has 11 heteroatoms. The van der Waals surface area contributed by atoms with Crippen LogP contribution < -0.4 is 10.5 Å². The van der Waals surface area contributed by atoms with Gasteiger partial charge >= 0.3 is 6.18 Å². The van der Waals surface area contributed by atoms with Gasteiger partial charge in [0.2, 0.25) is 5.89 Å². The number of aromatic nitrogens is 2. The maximum atomic E-state index is 13.3. The summed E-state index contributed by atoms with van der Waals surface area (Å²) >= 11 is 1.60. The molecule has 3 aromatic heterocycles. The third-order valence-electron chi connectivity index (χ3n) is 5.96. The molecule has 0 spiro atoms. The second-order valence-electron chi connectivity index (χ2n) is 8.32. The Bertz CT molecular complexity index is 1630. The highest BCUT2D eigenvalue weighted by Gasteiger charge is 2.33. The highest BCUT2D eigenvalue weighted by atomic mass is 32.1. The molecular formula is C26H21F3N4O3S. The fourth-order valence-corrected chi connectivity index (χ4v) is 5.09. The van der Waals surface area contributed by atoms with E-state index < -0.39 is 11.9 Å². The van der Waals surface area contributed by atoms with Crippen molar-refractivity contribution in [3.63, 3.8) is 0 Å². The van der Waals surface area contributed by atoms with Gasteiger partial charge in [-0.3, -0.25) is 4.79 Å².